The smallest absolute Gasteiger partial charge is 0.263 e. The Balaban J connectivity index is 1.25. The van der Waals surface area contributed by atoms with Crippen molar-refractivity contribution in [3.8, 4) is 11.8 Å². The average Bonchev–Trinajstić information content (AvgIpc) is 3.25. The van der Waals surface area contributed by atoms with Crippen molar-refractivity contribution in [2.24, 2.45) is 0 Å². The van der Waals surface area contributed by atoms with Crippen LogP contribution in [0.5, 0.6) is 11.8 Å². The third kappa shape index (κ3) is 5.49. The van der Waals surface area contributed by atoms with Gasteiger partial charge in [-0.25, -0.2) is 14.4 Å². The zero-order chi connectivity index (χ0) is 26.9. The molecule has 0 radical (unpaired) electrons. The summed E-state index contributed by atoms with van der Waals surface area (Å²) in [4.78, 5) is 28.9. The second-order valence-electron chi connectivity index (χ2n) is 9.82. The van der Waals surface area contributed by atoms with E-state index in [0.29, 0.717) is 29.7 Å². The molecule has 4 aromatic rings. The van der Waals surface area contributed by atoms with Crippen LogP contribution in [-0.2, 0) is 11.3 Å². The second-order valence-corrected chi connectivity index (χ2v) is 11.2. The zero-order valence-electron chi connectivity index (χ0n) is 21.4. The van der Waals surface area contributed by atoms with Gasteiger partial charge < -0.3 is 20.1 Å². The molecule has 12 heteroatoms. The van der Waals surface area contributed by atoms with Crippen LogP contribution in [0.3, 0.4) is 0 Å². The van der Waals surface area contributed by atoms with E-state index in [1.165, 1.54) is 11.3 Å². The Hall–Kier alpha value is -3.12. The Bertz CT molecular complexity index is 1530. The third-order valence-corrected chi connectivity index (χ3v) is 8.36. The number of nitrogens with zero attached hydrogens (tertiary/aromatic N) is 4. The molecule has 1 aromatic carbocycles. The van der Waals surface area contributed by atoms with Crippen LogP contribution in [-0.4, -0.2) is 70.8 Å². The number of amides is 1. The number of rotatable bonds is 7. The lowest BCUT2D eigenvalue weighted by Gasteiger charge is -2.31. The van der Waals surface area contributed by atoms with E-state index in [2.05, 4.69) is 25.5 Å². The highest BCUT2D eigenvalue weighted by Gasteiger charge is 2.25. The molecule has 2 N–H and O–H groups in total. The van der Waals surface area contributed by atoms with Gasteiger partial charge in [-0.1, -0.05) is 0 Å². The van der Waals surface area contributed by atoms with Crippen molar-refractivity contribution >= 4 is 55.5 Å². The lowest BCUT2D eigenvalue weighted by molar-refractivity contribution is 0.000481. The van der Waals surface area contributed by atoms with Gasteiger partial charge in [-0.05, 0) is 49.6 Å². The first-order chi connectivity index (χ1) is 19.0. The number of aromatic nitrogens is 3. The number of piperidine rings is 1. The van der Waals surface area contributed by atoms with Gasteiger partial charge in [-0.3, -0.25) is 9.69 Å². The van der Waals surface area contributed by atoms with Gasteiger partial charge in [0.15, 0.2) is 0 Å². The number of alkyl halides is 1. The van der Waals surface area contributed by atoms with Gasteiger partial charge in [0, 0.05) is 65.5 Å². The van der Waals surface area contributed by atoms with Crippen LogP contribution >= 0.6 is 22.9 Å². The zero-order valence-corrected chi connectivity index (χ0v) is 22.9. The topological polar surface area (TPSA) is 102 Å². The maximum absolute atomic E-state index is 12.7. The predicted octanol–water partition coefficient (Wildman–Crippen LogP) is 5.18. The van der Waals surface area contributed by atoms with E-state index in [1.807, 2.05) is 25.1 Å². The number of likely N-dealkylation sites (tertiary alicyclic amines) is 1. The highest BCUT2D eigenvalue weighted by Crippen LogP contribution is 2.41. The number of thiophene rings is 1. The Labute approximate surface area is 233 Å². The molecule has 39 heavy (non-hydrogen) atoms. The minimum atomic E-state index is -0.459. The number of carbonyl (C=O) groups excluding carboxylic acids is 1. The fraction of sp³-hybridized carbons (Fsp3) is 0.407. The SMILES string of the molecule is C[C@@H]1CNc2c(sc3ccc4nc(Oc5nc(Cl)ncc5CN5CCC(OCCF)CC5)ccc4c23)C(=O)N1. The number of hydrogen-bond donors (Lipinski definition) is 2. The minimum absolute atomic E-state index is 0.0372. The van der Waals surface area contributed by atoms with E-state index in [0.717, 1.165) is 58.2 Å². The van der Waals surface area contributed by atoms with E-state index in [4.69, 9.17) is 26.1 Å². The molecule has 0 unspecified atom stereocenters. The number of benzene rings is 1. The van der Waals surface area contributed by atoms with Gasteiger partial charge in [0.05, 0.1) is 23.9 Å². The number of halogens is 2. The van der Waals surface area contributed by atoms with E-state index < -0.39 is 6.67 Å². The summed E-state index contributed by atoms with van der Waals surface area (Å²) in [6.45, 7) is 4.54. The Morgan fingerprint density at radius 1 is 1.21 bits per heavy atom. The fourth-order valence-corrected chi connectivity index (χ4v) is 6.34. The molecule has 0 spiro atoms. The van der Waals surface area contributed by atoms with Crippen molar-refractivity contribution in [2.45, 2.75) is 38.5 Å². The van der Waals surface area contributed by atoms with Crippen molar-refractivity contribution in [1.82, 2.24) is 25.2 Å². The first-order valence-electron chi connectivity index (χ1n) is 13.0. The Morgan fingerprint density at radius 3 is 2.87 bits per heavy atom. The summed E-state index contributed by atoms with van der Waals surface area (Å²) in [5, 5.41) is 8.48. The second kappa shape index (κ2) is 11.2. The first kappa shape index (κ1) is 26.1. The van der Waals surface area contributed by atoms with Gasteiger partial charge >= 0.3 is 0 Å². The van der Waals surface area contributed by atoms with Gasteiger partial charge in [0.25, 0.3) is 5.91 Å². The van der Waals surface area contributed by atoms with Crippen LogP contribution in [0.15, 0.2) is 30.5 Å². The lowest BCUT2D eigenvalue weighted by Crippen LogP contribution is -2.37. The number of nitrogens with one attached hydrogen (secondary N) is 2. The molecule has 1 atom stereocenters. The standard InChI is InChI=1S/C27H28ClFN6O3S/c1-15-12-30-23-22-18-2-5-21(33-19(18)3-4-20(22)39-24(23)25(36)32-15)38-26-16(13-31-27(28)34-26)14-35-9-6-17(7-10-35)37-11-8-29/h2-5,13,15,17,30H,6-12,14H2,1H3,(H,32,36)/t15-/m1/s1. The molecule has 3 aromatic heterocycles. The van der Waals surface area contributed by atoms with Crippen LogP contribution in [0.1, 0.15) is 35.0 Å². The summed E-state index contributed by atoms with van der Waals surface area (Å²) in [6, 6.07) is 7.73. The highest BCUT2D eigenvalue weighted by atomic mass is 35.5. The Morgan fingerprint density at radius 2 is 2.05 bits per heavy atom. The summed E-state index contributed by atoms with van der Waals surface area (Å²) in [5.41, 5.74) is 2.39. The van der Waals surface area contributed by atoms with Crippen molar-refractivity contribution in [3.63, 3.8) is 0 Å². The molecule has 5 heterocycles. The molecule has 204 valence electrons. The fourth-order valence-electron chi connectivity index (χ4n) is 5.12. The van der Waals surface area contributed by atoms with Crippen LogP contribution in [0, 0.1) is 0 Å². The molecule has 0 saturated carbocycles. The summed E-state index contributed by atoms with van der Waals surface area (Å²) in [6.07, 6.45) is 3.45. The minimum Gasteiger partial charge on any atom is -0.420 e. The van der Waals surface area contributed by atoms with Crippen LogP contribution in [0.4, 0.5) is 10.1 Å². The number of pyridine rings is 1. The molecule has 2 aliphatic rings. The van der Waals surface area contributed by atoms with E-state index in [-0.39, 0.29) is 29.9 Å². The van der Waals surface area contributed by atoms with E-state index >= 15 is 0 Å². The first-order valence-corrected chi connectivity index (χ1v) is 14.2. The molecule has 0 bridgehead atoms. The molecule has 0 aliphatic carbocycles. The van der Waals surface area contributed by atoms with Crippen LogP contribution in [0.25, 0.3) is 21.0 Å². The van der Waals surface area contributed by atoms with Gasteiger partial charge in [-0.15, -0.1) is 11.3 Å². The summed E-state index contributed by atoms with van der Waals surface area (Å²) < 4.78 is 25.1. The van der Waals surface area contributed by atoms with Crippen LogP contribution < -0.4 is 15.4 Å². The molecule has 6 rings (SSSR count). The maximum atomic E-state index is 12.7. The van der Waals surface area contributed by atoms with Crippen molar-refractivity contribution < 1.29 is 18.7 Å². The molecule has 1 saturated heterocycles. The number of hydrogen-bond acceptors (Lipinski definition) is 9. The monoisotopic (exact) mass is 570 g/mol. The van der Waals surface area contributed by atoms with E-state index in [9.17, 15) is 9.18 Å². The molecule has 1 amide bonds. The quantitative estimate of drug-likeness (QED) is 0.293. The Kier molecular flexibility index (Phi) is 7.48. The number of carbonyl (C=O) groups is 1. The largest absolute Gasteiger partial charge is 0.420 e. The summed E-state index contributed by atoms with van der Waals surface area (Å²) >= 11 is 7.60. The average molecular weight is 571 g/mol. The maximum Gasteiger partial charge on any atom is 0.263 e. The molecule has 1 fully saturated rings. The van der Waals surface area contributed by atoms with Crippen LogP contribution in [0.2, 0.25) is 5.28 Å². The summed E-state index contributed by atoms with van der Waals surface area (Å²) in [5.74, 6) is 0.682. The molecular weight excluding hydrogens is 543 g/mol. The third-order valence-electron chi connectivity index (χ3n) is 7.02. The normalized spacial score (nSPS) is 18.5. The van der Waals surface area contributed by atoms with Gasteiger partial charge in [-0.2, -0.15) is 4.98 Å². The highest BCUT2D eigenvalue weighted by molar-refractivity contribution is 7.21. The summed E-state index contributed by atoms with van der Waals surface area (Å²) in [7, 11) is 0. The lowest BCUT2D eigenvalue weighted by atomic mass is 10.1. The molecule has 9 nitrogen and oxygen atoms in total. The number of ether oxygens (including phenoxy) is 2. The predicted molar refractivity (Wildman–Crippen MR) is 150 cm³/mol. The number of anilines is 1. The van der Waals surface area contributed by atoms with Crippen molar-refractivity contribution in [3.05, 3.63) is 46.2 Å². The molecule has 2 aliphatic heterocycles. The number of fused-ring (bicyclic) bond motifs is 5. The van der Waals surface area contributed by atoms with Crippen molar-refractivity contribution in [1.29, 1.82) is 0 Å². The van der Waals surface area contributed by atoms with E-state index in [1.54, 1.807) is 12.3 Å². The van der Waals surface area contributed by atoms with Gasteiger partial charge in [0.2, 0.25) is 17.0 Å². The molecular formula is C27H28ClFN6O3S. The van der Waals surface area contributed by atoms with Crippen molar-refractivity contribution in [2.75, 3.05) is 38.2 Å². The van der Waals surface area contributed by atoms with Gasteiger partial charge in [0.1, 0.15) is 11.6 Å².